The fourth-order valence-electron chi connectivity index (χ4n) is 3.48. The first-order valence-corrected chi connectivity index (χ1v) is 10.3. The average Bonchev–Trinajstić information content (AvgIpc) is 3.23. The van der Waals surface area contributed by atoms with Crippen molar-refractivity contribution in [2.75, 3.05) is 11.9 Å². The first-order chi connectivity index (χ1) is 13.9. The lowest BCUT2D eigenvalue weighted by Gasteiger charge is -2.12. The summed E-state index contributed by atoms with van der Waals surface area (Å²) in [6.07, 6.45) is 0.883. The number of aromatic nitrogens is 2. The number of pyridine rings is 1. The van der Waals surface area contributed by atoms with Crippen molar-refractivity contribution in [1.82, 2.24) is 9.97 Å². The number of para-hydroxylation sites is 2. The average molecular weight is 382 g/mol. The molecule has 136 valence electrons. The van der Waals surface area contributed by atoms with Crippen molar-refractivity contribution >= 4 is 38.8 Å². The van der Waals surface area contributed by atoms with Gasteiger partial charge in [0.2, 0.25) is 0 Å². The third-order valence-electron chi connectivity index (χ3n) is 4.84. The standard InChI is InChI=1S/C24H19N3S/c1-2-8-17(9-3-1)24-26-18(16-28-24)14-15-25-23-19-10-4-6-12-21(19)27-22-13-7-5-11-20(22)23/h1-13,16H,14-15H2,(H,25,27). The Morgan fingerprint density at radius 2 is 1.36 bits per heavy atom. The Hall–Kier alpha value is -3.24. The highest BCUT2D eigenvalue weighted by atomic mass is 32.1. The Morgan fingerprint density at radius 1 is 0.714 bits per heavy atom. The predicted molar refractivity (Wildman–Crippen MR) is 119 cm³/mol. The first-order valence-electron chi connectivity index (χ1n) is 9.40. The van der Waals surface area contributed by atoms with Crippen LogP contribution in [0.1, 0.15) is 5.69 Å². The second-order valence-corrected chi connectivity index (χ2v) is 7.57. The SMILES string of the molecule is c1ccc(-c2nc(CCNc3c4ccccc4nc4ccccc34)cs2)cc1. The van der Waals surface area contributed by atoms with Crippen molar-refractivity contribution in [2.45, 2.75) is 6.42 Å². The lowest BCUT2D eigenvalue weighted by Crippen LogP contribution is -2.06. The Kier molecular flexibility index (Phi) is 4.47. The zero-order chi connectivity index (χ0) is 18.8. The zero-order valence-corrected chi connectivity index (χ0v) is 16.1. The minimum absolute atomic E-state index is 0.829. The number of rotatable bonds is 5. The Labute approximate surface area is 167 Å². The molecule has 0 bridgehead atoms. The van der Waals surface area contributed by atoms with Gasteiger partial charge in [0, 0.05) is 34.7 Å². The van der Waals surface area contributed by atoms with Gasteiger partial charge in [0.15, 0.2) is 0 Å². The molecule has 0 atom stereocenters. The van der Waals surface area contributed by atoms with Gasteiger partial charge in [0.05, 0.1) is 22.4 Å². The number of hydrogen-bond acceptors (Lipinski definition) is 4. The molecular weight excluding hydrogens is 362 g/mol. The van der Waals surface area contributed by atoms with E-state index in [0.29, 0.717) is 0 Å². The molecule has 0 aliphatic rings. The minimum Gasteiger partial charge on any atom is -0.384 e. The smallest absolute Gasteiger partial charge is 0.123 e. The first kappa shape index (κ1) is 16.9. The molecule has 0 unspecified atom stereocenters. The van der Waals surface area contributed by atoms with E-state index in [9.17, 15) is 0 Å². The summed E-state index contributed by atoms with van der Waals surface area (Å²) in [5, 5.41) is 9.21. The van der Waals surface area contributed by atoms with E-state index in [0.717, 1.165) is 51.2 Å². The van der Waals surface area contributed by atoms with Crippen LogP contribution < -0.4 is 5.32 Å². The van der Waals surface area contributed by atoms with Crippen molar-refractivity contribution < 1.29 is 0 Å². The summed E-state index contributed by atoms with van der Waals surface area (Å²) >= 11 is 1.71. The molecule has 0 amide bonds. The summed E-state index contributed by atoms with van der Waals surface area (Å²) in [5.74, 6) is 0. The highest BCUT2D eigenvalue weighted by molar-refractivity contribution is 7.13. The molecule has 5 rings (SSSR count). The summed E-state index contributed by atoms with van der Waals surface area (Å²) in [6.45, 7) is 0.829. The van der Waals surface area contributed by atoms with Crippen LogP contribution in [0.2, 0.25) is 0 Å². The largest absolute Gasteiger partial charge is 0.384 e. The molecule has 0 saturated carbocycles. The van der Waals surface area contributed by atoms with Gasteiger partial charge < -0.3 is 5.32 Å². The predicted octanol–water partition coefficient (Wildman–Crippen LogP) is 6.17. The molecule has 0 radical (unpaired) electrons. The van der Waals surface area contributed by atoms with Crippen LogP contribution >= 0.6 is 11.3 Å². The van der Waals surface area contributed by atoms with Gasteiger partial charge in [-0.3, -0.25) is 0 Å². The maximum absolute atomic E-state index is 4.80. The number of benzene rings is 3. The number of nitrogens with one attached hydrogen (secondary N) is 1. The summed E-state index contributed by atoms with van der Waals surface area (Å²) in [6, 6.07) is 27.0. The minimum atomic E-state index is 0.829. The number of hydrogen-bond donors (Lipinski definition) is 1. The van der Waals surface area contributed by atoms with Crippen molar-refractivity contribution in [3.63, 3.8) is 0 Å². The van der Waals surface area contributed by atoms with E-state index < -0.39 is 0 Å². The third kappa shape index (κ3) is 3.23. The van der Waals surface area contributed by atoms with Gasteiger partial charge in [-0.05, 0) is 12.1 Å². The van der Waals surface area contributed by atoms with Crippen LogP contribution in [0.25, 0.3) is 32.4 Å². The second-order valence-electron chi connectivity index (χ2n) is 6.71. The van der Waals surface area contributed by atoms with Crippen molar-refractivity contribution in [3.05, 3.63) is 89.9 Å². The lowest BCUT2D eigenvalue weighted by atomic mass is 10.1. The molecule has 2 heterocycles. The molecule has 0 spiro atoms. The fourth-order valence-corrected chi connectivity index (χ4v) is 4.34. The molecular formula is C24H19N3S. The molecule has 1 N–H and O–H groups in total. The second kappa shape index (κ2) is 7.41. The van der Waals surface area contributed by atoms with Gasteiger partial charge in [0.25, 0.3) is 0 Å². The molecule has 2 aromatic heterocycles. The monoisotopic (exact) mass is 381 g/mol. The van der Waals surface area contributed by atoms with Gasteiger partial charge in [-0.15, -0.1) is 11.3 Å². The third-order valence-corrected chi connectivity index (χ3v) is 5.78. The molecule has 28 heavy (non-hydrogen) atoms. The maximum atomic E-state index is 4.80. The van der Waals surface area contributed by atoms with E-state index in [-0.39, 0.29) is 0 Å². The van der Waals surface area contributed by atoms with E-state index in [4.69, 9.17) is 9.97 Å². The molecule has 0 aliphatic carbocycles. The van der Waals surface area contributed by atoms with Crippen LogP contribution in [0.4, 0.5) is 5.69 Å². The van der Waals surface area contributed by atoms with Crippen molar-refractivity contribution in [1.29, 1.82) is 0 Å². The number of nitrogens with zero attached hydrogens (tertiary/aromatic N) is 2. The van der Waals surface area contributed by atoms with Crippen molar-refractivity contribution in [2.24, 2.45) is 0 Å². The molecule has 4 heteroatoms. The summed E-state index contributed by atoms with van der Waals surface area (Å²) in [7, 11) is 0. The van der Waals surface area contributed by atoms with Crippen LogP contribution in [-0.2, 0) is 6.42 Å². The summed E-state index contributed by atoms with van der Waals surface area (Å²) < 4.78 is 0. The van der Waals surface area contributed by atoms with Crippen LogP contribution in [-0.4, -0.2) is 16.5 Å². The van der Waals surface area contributed by atoms with Gasteiger partial charge in [0.1, 0.15) is 5.01 Å². The van der Waals surface area contributed by atoms with E-state index in [2.05, 4.69) is 71.4 Å². The van der Waals surface area contributed by atoms with Gasteiger partial charge in [-0.1, -0.05) is 66.7 Å². The molecule has 0 aliphatic heterocycles. The van der Waals surface area contributed by atoms with Gasteiger partial charge in [-0.2, -0.15) is 0 Å². The van der Waals surface area contributed by atoms with Crippen molar-refractivity contribution in [3.8, 4) is 10.6 Å². The highest BCUT2D eigenvalue weighted by Gasteiger charge is 2.09. The Bertz CT molecular complexity index is 1190. The van der Waals surface area contributed by atoms with Crippen LogP contribution in [0.3, 0.4) is 0 Å². The van der Waals surface area contributed by atoms with E-state index in [1.807, 2.05) is 18.2 Å². The zero-order valence-electron chi connectivity index (χ0n) is 15.3. The van der Waals surface area contributed by atoms with E-state index in [1.54, 1.807) is 11.3 Å². The number of thiazole rings is 1. The Balaban J connectivity index is 1.40. The fraction of sp³-hybridized carbons (Fsp3) is 0.0833. The summed E-state index contributed by atoms with van der Waals surface area (Å²) in [5.41, 5.74) is 5.49. The number of anilines is 1. The normalized spacial score (nSPS) is 11.1. The van der Waals surface area contributed by atoms with Crippen LogP contribution in [0.15, 0.2) is 84.2 Å². The van der Waals surface area contributed by atoms with E-state index in [1.165, 1.54) is 5.56 Å². The molecule has 3 aromatic carbocycles. The molecule has 0 fully saturated rings. The summed E-state index contributed by atoms with van der Waals surface area (Å²) in [4.78, 5) is 9.59. The number of fused-ring (bicyclic) bond motifs is 2. The van der Waals surface area contributed by atoms with E-state index >= 15 is 0 Å². The van der Waals surface area contributed by atoms with Gasteiger partial charge in [-0.25, -0.2) is 9.97 Å². The van der Waals surface area contributed by atoms with Gasteiger partial charge >= 0.3 is 0 Å². The highest BCUT2D eigenvalue weighted by Crippen LogP contribution is 2.30. The molecule has 3 nitrogen and oxygen atoms in total. The molecule has 5 aromatic rings. The lowest BCUT2D eigenvalue weighted by molar-refractivity contribution is 0.981. The Morgan fingerprint density at radius 3 is 2.07 bits per heavy atom. The van der Waals surface area contributed by atoms with Crippen LogP contribution in [0.5, 0.6) is 0 Å². The van der Waals surface area contributed by atoms with Crippen LogP contribution in [0, 0.1) is 0 Å². The maximum Gasteiger partial charge on any atom is 0.123 e. The topological polar surface area (TPSA) is 37.8 Å². The molecule has 0 saturated heterocycles. The quantitative estimate of drug-likeness (QED) is 0.370.